The number of fused-ring (bicyclic) bond motifs is 1. The molecule has 3 rings (SSSR count). The lowest BCUT2D eigenvalue weighted by Crippen LogP contribution is -2.21. The van der Waals surface area contributed by atoms with Gasteiger partial charge in [-0.2, -0.15) is 0 Å². The van der Waals surface area contributed by atoms with E-state index >= 15 is 0 Å². The summed E-state index contributed by atoms with van der Waals surface area (Å²) >= 11 is 0. The fraction of sp³-hybridized carbons (Fsp3) is 0.278. The highest BCUT2D eigenvalue weighted by Gasteiger charge is 2.15. The van der Waals surface area contributed by atoms with Gasteiger partial charge in [-0.15, -0.1) is 0 Å². The van der Waals surface area contributed by atoms with Crippen LogP contribution in [0.2, 0.25) is 0 Å². The molecule has 0 bridgehead atoms. The Hall–Kier alpha value is -2.69. The van der Waals surface area contributed by atoms with Crippen molar-refractivity contribution >= 4 is 22.7 Å². The maximum Gasteiger partial charge on any atom is 0.227 e. The number of hydrogen-bond donors (Lipinski definition) is 1. The summed E-state index contributed by atoms with van der Waals surface area (Å²) in [5.41, 5.74) is 3.02. The monoisotopic (exact) mass is 309 g/mol. The summed E-state index contributed by atoms with van der Waals surface area (Å²) in [6, 6.07) is 9.21. The third-order valence-corrected chi connectivity index (χ3v) is 3.94. The maximum absolute atomic E-state index is 12.2. The zero-order valence-electron chi connectivity index (χ0n) is 13.2. The lowest BCUT2D eigenvalue weighted by atomic mass is 10.0. The molecule has 0 saturated carbocycles. The van der Waals surface area contributed by atoms with Gasteiger partial charge in [0, 0.05) is 35.6 Å². The molecule has 0 spiro atoms. The fourth-order valence-corrected chi connectivity index (χ4v) is 2.52. The molecule has 0 unspecified atom stereocenters. The van der Waals surface area contributed by atoms with Gasteiger partial charge in [0.05, 0.1) is 0 Å². The first-order chi connectivity index (χ1) is 11.2. The molecule has 0 saturated heterocycles. The molecule has 1 N–H and O–H groups in total. The van der Waals surface area contributed by atoms with Crippen molar-refractivity contribution in [3.63, 3.8) is 0 Å². The number of hydrogen-bond acceptors (Lipinski definition) is 4. The second kappa shape index (κ2) is 6.60. The van der Waals surface area contributed by atoms with Crippen molar-refractivity contribution in [1.29, 1.82) is 0 Å². The van der Waals surface area contributed by atoms with Crippen molar-refractivity contribution in [3.8, 4) is 11.5 Å². The van der Waals surface area contributed by atoms with Crippen molar-refractivity contribution in [2.75, 3.05) is 5.32 Å². The number of aromatic nitrogens is 2. The first-order valence-corrected chi connectivity index (χ1v) is 7.83. The van der Waals surface area contributed by atoms with Crippen LogP contribution in [-0.2, 0) is 4.79 Å². The predicted octanol–water partition coefficient (Wildman–Crippen LogP) is 4.26. The summed E-state index contributed by atoms with van der Waals surface area (Å²) < 4.78 is 5.80. The Morgan fingerprint density at radius 1 is 1.17 bits per heavy atom. The van der Waals surface area contributed by atoms with Crippen LogP contribution in [0.4, 0.5) is 5.69 Å². The van der Waals surface area contributed by atoms with Crippen LogP contribution in [0.3, 0.4) is 0 Å². The van der Waals surface area contributed by atoms with E-state index in [0.717, 1.165) is 29.6 Å². The second-order valence-electron chi connectivity index (χ2n) is 5.44. The van der Waals surface area contributed by atoms with E-state index in [4.69, 9.17) is 4.42 Å². The maximum atomic E-state index is 12.2. The minimum Gasteiger partial charge on any atom is -0.436 e. The van der Waals surface area contributed by atoms with E-state index in [1.807, 2.05) is 44.2 Å². The van der Waals surface area contributed by atoms with Gasteiger partial charge in [0.2, 0.25) is 11.8 Å². The number of carbonyl (C=O) groups excluding carboxylic acids is 1. The molecule has 0 aliphatic carbocycles. The van der Waals surface area contributed by atoms with Gasteiger partial charge in [-0.1, -0.05) is 13.8 Å². The molecule has 5 heteroatoms. The van der Waals surface area contributed by atoms with Gasteiger partial charge < -0.3 is 9.73 Å². The molecule has 2 aromatic heterocycles. The number of nitrogens with one attached hydrogen (secondary N) is 1. The molecule has 0 radical (unpaired) electrons. The van der Waals surface area contributed by atoms with Gasteiger partial charge in [-0.3, -0.25) is 9.78 Å². The average Bonchev–Trinajstić information content (AvgIpc) is 3.00. The number of amides is 1. The predicted molar refractivity (Wildman–Crippen MR) is 89.9 cm³/mol. The smallest absolute Gasteiger partial charge is 0.227 e. The van der Waals surface area contributed by atoms with E-state index in [2.05, 4.69) is 15.3 Å². The fourth-order valence-electron chi connectivity index (χ4n) is 2.52. The van der Waals surface area contributed by atoms with Gasteiger partial charge in [0.15, 0.2) is 5.58 Å². The molecule has 2 heterocycles. The second-order valence-corrected chi connectivity index (χ2v) is 5.44. The van der Waals surface area contributed by atoms with Crippen LogP contribution in [0.15, 0.2) is 47.1 Å². The largest absolute Gasteiger partial charge is 0.436 e. The number of anilines is 1. The Bertz CT molecular complexity index is 808. The van der Waals surface area contributed by atoms with Crippen LogP contribution in [-0.4, -0.2) is 15.9 Å². The van der Waals surface area contributed by atoms with Crippen LogP contribution >= 0.6 is 0 Å². The van der Waals surface area contributed by atoms with Crippen LogP contribution in [0.1, 0.15) is 26.7 Å². The van der Waals surface area contributed by atoms with Crippen LogP contribution in [0.5, 0.6) is 0 Å². The van der Waals surface area contributed by atoms with Crippen LogP contribution in [0, 0.1) is 5.92 Å². The van der Waals surface area contributed by atoms with E-state index < -0.39 is 0 Å². The Morgan fingerprint density at radius 2 is 1.91 bits per heavy atom. The van der Waals surface area contributed by atoms with E-state index in [9.17, 15) is 4.79 Å². The van der Waals surface area contributed by atoms with Crippen LogP contribution in [0.25, 0.3) is 22.6 Å². The molecule has 0 aliphatic heterocycles. The zero-order chi connectivity index (χ0) is 16.2. The Morgan fingerprint density at radius 3 is 2.61 bits per heavy atom. The van der Waals surface area contributed by atoms with Crippen molar-refractivity contribution in [3.05, 3.63) is 42.7 Å². The zero-order valence-corrected chi connectivity index (χ0v) is 13.2. The van der Waals surface area contributed by atoms with Crippen molar-refractivity contribution < 1.29 is 9.21 Å². The summed E-state index contributed by atoms with van der Waals surface area (Å²) in [5.74, 6) is 0.627. The normalized spacial score (nSPS) is 11.1. The Kier molecular flexibility index (Phi) is 4.37. The SMILES string of the molecule is CCC(CC)C(=O)Nc1ccc2nc(-c3ccncc3)oc2c1. The Labute approximate surface area is 134 Å². The van der Waals surface area contributed by atoms with E-state index in [1.54, 1.807) is 12.4 Å². The molecule has 23 heavy (non-hydrogen) atoms. The van der Waals surface area contributed by atoms with E-state index in [0.29, 0.717) is 11.5 Å². The third-order valence-electron chi connectivity index (χ3n) is 3.94. The highest BCUT2D eigenvalue weighted by atomic mass is 16.3. The number of benzene rings is 1. The highest BCUT2D eigenvalue weighted by Crippen LogP contribution is 2.26. The lowest BCUT2D eigenvalue weighted by Gasteiger charge is -2.12. The van der Waals surface area contributed by atoms with Gasteiger partial charge in [-0.25, -0.2) is 4.98 Å². The molecule has 0 fully saturated rings. The van der Waals surface area contributed by atoms with Crippen molar-refractivity contribution in [2.24, 2.45) is 5.92 Å². The van der Waals surface area contributed by atoms with Gasteiger partial charge in [0.1, 0.15) is 5.52 Å². The minimum absolute atomic E-state index is 0.0350. The standard InChI is InChI=1S/C18H19N3O2/c1-3-12(4-2)17(22)20-14-5-6-15-16(11-14)23-18(21-15)13-7-9-19-10-8-13/h5-12H,3-4H2,1-2H3,(H,20,22). The van der Waals surface area contributed by atoms with E-state index in [-0.39, 0.29) is 11.8 Å². The lowest BCUT2D eigenvalue weighted by molar-refractivity contribution is -0.120. The molecule has 118 valence electrons. The first-order valence-electron chi connectivity index (χ1n) is 7.83. The molecule has 1 amide bonds. The van der Waals surface area contributed by atoms with Crippen LogP contribution < -0.4 is 5.32 Å². The Balaban J connectivity index is 1.86. The number of nitrogens with zero attached hydrogens (tertiary/aromatic N) is 2. The quantitative estimate of drug-likeness (QED) is 0.764. The summed E-state index contributed by atoms with van der Waals surface area (Å²) in [5, 5.41) is 2.95. The summed E-state index contributed by atoms with van der Waals surface area (Å²) in [4.78, 5) is 20.6. The molecule has 0 aliphatic rings. The number of carbonyl (C=O) groups is 1. The molecule has 0 atom stereocenters. The third kappa shape index (κ3) is 3.23. The molecule has 1 aromatic carbocycles. The van der Waals surface area contributed by atoms with E-state index in [1.165, 1.54) is 0 Å². The topological polar surface area (TPSA) is 68.0 Å². The van der Waals surface area contributed by atoms with Crippen molar-refractivity contribution in [2.45, 2.75) is 26.7 Å². The summed E-state index contributed by atoms with van der Waals surface area (Å²) in [7, 11) is 0. The number of rotatable bonds is 5. The summed E-state index contributed by atoms with van der Waals surface area (Å²) in [6.45, 7) is 4.04. The molecular formula is C18H19N3O2. The van der Waals surface area contributed by atoms with Gasteiger partial charge in [-0.05, 0) is 37.1 Å². The molecule has 3 aromatic rings. The summed E-state index contributed by atoms with van der Waals surface area (Å²) in [6.07, 6.45) is 5.06. The minimum atomic E-state index is 0.0350. The van der Waals surface area contributed by atoms with Crippen molar-refractivity contribution in [1.82, 2.24) is 9.97 Å². The number of pyridine rings is 1. The average molecular weight is 309 g/mol. The van der Waals surface area contributed by atoms with Gasteiger partial charge >= 0.3 is 0 Å². The van der Waals surface area contributed by atoms with Gasteiger partial charge in [0.25, 0.3) is 0 Å². The highest BCUT2D eigenvalue weighted by molar-refractivity contribution is 5.94. The number of oxazole rings is 1. The molecular weight excluding hydrogens is 290 g/mol. The first kappa shape index (κ1) is 15.2. The molecule has 5 nitrogen and oxygen atoms in total.